The van der Waals surface area contributed by atoms with Gasteiger partial charge in [-0.3, -0.25) is 14.5 Å². The number of hydrogen-bond donors (Lipinski definition) is 3. The van der Waals surface area contributed by atoms with Gasteiger partial charge in [-0.25, -0.2) is 4.79 Å². The Morgan fingerprint density at radius 2 is 2.05 bits per heavy atom. The summed E-state index contributed by atoms with van der Waals surface area (Å²) < 4.78 is 0. The monoisotopic (exact) mass is 284 g/mol. The van der Waals surface area contributed by atoms with Gasteiger partial charge < -0.3 is 16.4 Å². The number of amides is 4. The van der Waals surface area contributed by atoms with E-state index in [0.717, 1.165) is 17.7 Å². The van der Waals surface area contributed by atoms with Crippen LogP contribution in [0.1, 0.15) is 39.5 Å². The van der Waals surface area contributed by atoms with Crippen molar-refractivity contribution in [3.8, 4) is 0 Å². The quantitative estimate of drug-likeness (QED) is 0.544. The van der Waals surface area contributed by atoms with Gasteiger partial charge in [-0.15, -0.1) is 0 Å². The summed E-state index contributed by atoms with van der Waals surface area (Å²) in [4.78, 5) is 35.4. The van der Waals surface area contributed by atoms with Crippen LogP contribution in [0.2, 0.25) is 0 Å². The van der Waals surface area contributed by atoms with Crippen LogP contribution < -0.4 is 16.4 Å². The third-order valence-corrected chi connectivity index (χ3v) is 3.77. The molecule has 1 fully saturated rings. The lowest BCUT2D eigenvalue weighted by molar-refractivity contribution is -0.126. The van der Waals surface area contributed by atoms with Crippen LogP contribution in [0.15, 0.2) is 0 Å². The minimum absolute atomic E-state index is 0.0493. The van der Waals surface area contributed by atoms with Gasteiger partial charge in [-0.1, -0.05) is 13.8 Å². The molecular weight excluding hydrogens is 260 g/mol. The molecule has 0 aromatic carbocycles. The van der Waals surface area contributed by atoms with Crippen molar-refractivity contribution in [2.75, 3.05) is 19.6 Å². The molecule has 4 N–H and O–H groups in total. The lowest BCUT2D eigenvalue weighted by Gasteiger charge is -2.26. The van der Waals surface area contributed by atoms with E-state index in [4.69, 9.17) is 5.73 Å². The molecule has 1 saturated heterocycles. The molecule has 20 heavy (non-hydrogen) atoms. The normalized spacial score (nSPS) is 15.4. The maximum Gasteiger partial charge on any atom is 0.324 e. The summed E-state index contributed by atoms with van der Waals surface area (Å²) in [5.74, 6) is -0.345. The molecule has 0 aliphatic carbocycles. The van der Waals surface area contributed by atoms with Crippen molar-refractivity contribution in [3.05, 3.63) is 0 Å². The van der Waals surface area contributed by atoms with Crippen LogP contribution in [0.5, 0.6) is 0 Å². The Morgan fingerprint density at radius 3 is 2.55 bits per heavy atom. The van der Waals surface area contributed by atoms with Gasteiger partial charge in [0.1, 0.15) is 0 Å². The molecule has 0 aromatic rings. The van der Waals surface area contributed by atoms with E-state index in [0.29, 0.717) is 13.0 Å². The average Bonchev–Trinajstić information content (AvgIpc) is 2.76. The van der Waals surface area contributed by atoms with Crippen molar-refractivity contribution < 1.29 is 14.4 Å². The van der Waals surface area contributed by atoms with E-state index in [9.17, 15) is 14.4 Å². The van der Waals surface area contributed by atoms with Gasteiger partial charge in [0.05, 0.1) is 6.54 Å². The smallest absolute Gasteiger partial charge is 0.324 e. The summed E-state index contributed by atoms with van der Waals surface area (Å²) in [5, 5.41) is 5.24. The van der Waals surface area contributed by atoms with Gasteiger partial charge in [-0.05, 0) is 19.3 Å². The highest BCUT2D eigenvalue weighted by Crippen LogP contribution is 2.09. The van der Waals surface area contributed by atoms with E-state index in [1.807, 2.05) is 13.8 Å². The van der Waals surface area contributed by atoms with E-state index in [2.05, 4.69) is 10.6 Å². The molecule has 1 aliphatic heterocycles. The Bertz CT molecular complexity index is 364. The van der Waals surface area contributed by atoms with Crippen molar-refractivity contribution in [1.82, 2.24) is 15.5 Å². The van der Waals surface area contributed by atoms with Crippen LogP contribution in [0, 0.1) is 0 Å². The number of imide groups is 1. The molecule has 0 unspecified atom stereocenters. The van der Waals surface area contributed by atoms with Crippen LogP contribution in [0.3, 0.4) is 0 Å². The molecule has 0 atom stereocenters. The zero-order valence-corrected chi connectivity index (χ0v) is 12.2. The maximum absolute atomic E-state index is 11.7. The SMILES string of the molecule is CCC(N)(CC)CNC(=O)CCCN1C(=O)CNC1=O. The van der Waals surface area contributed by atoms with Crippen molar-refractivity contribution in [2.24, 2.45) is 5.73 Å². The summed E-state index contributed by atoms with van der Waals surface area (Å²) in [6.45, 7) is 4.75. The topological polar surface area (TPSA) is 105 Å². The van der Waals surface area contributed by atoms with Gasteiger partial charge in [-0.2, -0.15) is 0 Å². The second-order valence-corrected chi connectivity index (χ2v) is 5.15. The molecule has 0 saturated carbocycles. The third kappa shape index (κ3) is 4.48. The van der Waals surface area contributed by atoms with Crippen LogP contribution >= 0.6 is 0 Å². The first-order valence-electron chi connectivity index (χ1n) is 7.05. The number of nitrogens with zero attached hydrogens (tertiary/aromatic N) is 1. The van der Waals surface area contributed by atoms with Gasteiger partial charge >= 0.3 is 6.03 Å². The summed E-state index contributed by atoms with van der Waals surface area (Å²) in [7, 11) is 0. The lowest BCUT2D eigenvalue weighted by atomic mass is 9.94. The zero-order valence-electron chi connectivity index (χ0n) is 12.2. The number of rotatable bonds is 8. The fourth-order valence-corrected chi connectivity index (χ4v) is 1.94. The average molecular weight is 284 g/mol. The summed E-state index contributed by atoms with van der Waals surface area (Å²) >= 11 is 0. The Balaban J connectivity index is 2.24. The van der Waals surface area contributed by atoms with Crippen molar-refractivity contribution in [2.45, 2.75) is 45.1 Å². The molecule has 0 aromatic heterocycles. The molecule has 1 heterocycles. The van der Waals surface area contributed by atoms with Crippen molar-refractivity contribution >= 4 is 17.8 Å². The minimum atomic E-state index is -0.381. The number of nitrogens with one attached hydrogen (secondary N) is 2. The molecule has 0 radical (unpaired) electrons. The highest BCUT2D eigenvalue weighted by molar-refractivity contribution is 6.01. The lowest BCUT2D eigenvalue weighted by Crippen LogP contribution is -2.49. The molecule has 0 bridgehead atoms. The number of carbonyl (C=O) groups excluding carboxylic acids is 3. The highest BCUT2D eigenvalue weighted by atomic mass is 16.2. The first-order chi connectivity index (χ1) is 9.41. The minimum Gasteiger partial charge on any atom is -0.354 e. The molecule has 7 heteroatoms. The number of carbonyl (C=O) groups is 3. The van der Waals surface area contributed by atoms with E-state index in [1.54, 1.807) is 0 Å². The van der Waals surface area contributed by atoms with Crippen LogP contribution in [0.4, 0.5) is 4.79 Å². The summed E-state index contributed by atoms with van der Waals surface area (Å²) in [6.07, 6.45) is 2.33. The Morgan fingerprint density at radius 1 is 1.40 bits per heavy atom. The molecule has 1 rings (SSSR count). The molecule has 7 nitrogen and oxygen atoms in total. The fraction of sp³-hybridized carbons (Fsp3) is 0.769. The van der Waals surface area contributed by atoms with Crippen molar-refractivity contribution in [1.29, 1.82) is 0 Å². The predicted octanol–water partition coefficient (Wildman–Crippen LogP) is -0.0479. The molecule has 4 amide bonds. The van der Waals surface area contributed by atoms with E-state index < -0.39 is 0 Å². The van der Waals surface area contributed by atoms with Gasteiger partial charge in [0.15, 0.2) is 0 Å². The second-order valence-electron chi connectivity index (χ2n) is 5.15. The molecular formula is C13H24N4O3. The standard InChI is InChI=1S/C13H24N4O3/c1-3-13(14,4-2)9-16-10(18)6-5-7-17-11(19)8-15-12(17)20/h3-9,14H2,1-2H3,(H,15,20)(H,16,18). The largest absolute Gasteiger partial charge is 0.354 e. The summed E-state index contributed by atoms with van der Waals surface area (Å²) in [5.41, 5.74) is 5.73. The van der Waals surface area contributed by atoms with Gasteiger partial charge in [0, 0.05) is 25.0 Å². The van der Waals surface area contributed by atoms with Crippen molar-refractivity contribution in [3.63, 3.8) is 0 Å². The third-order valence-electron chi connectivity index (χ3n) is 3.77. The number of nitrogens with two attached hydrogens (primary N) is 1. The Hall–Kier alpha value is -1.63. The molecule has 1 aliphatic rings. The summed E-state index contributed by atoms with van der Waals surface area (Å²) in [6, 6.07) is -0.381. The first kappa shape index (κ1) is 16.4. The Labute approximate surface area is 119 Å². The zero-order chi connectivity index (χ0) is 15.2. The van der Waals surface area contributed by atoms with E-state index in [1.165, 1.54) is 0 Å². The predicted molar refractivity (Wildman–Crippen MR) is 74.9 cm³/mol. The fourth-order valence-electron chi connectivity index (χ4n) is 1.94. The number of hydrogen-bond acceptors (Lipinski definition) is 4. The molecule has 114 valence electrons. The van der Waals surface area contributed by atoms with Gasteiger partial charge in [0.2, 0.25) is 11.8 Å². The first-order valence-corrected chi connectivity index (χ1v) is 7.05. The van der Waals surface area contributed by atoms with E-state index >= 15 is 0 Å². The molecule has 0 spiro atoms. The van der Waals surface area contributed by atoms with Crippen LogP contribution in [-0.4, -0.2) is 47.9 Å². The number of urea groups is 1. The highest BCUT2D eigenvalue weighted by Gasteiger charge is 2.27. The maximum atomic E-state index is 11.7. The Kier molecular flexibility index (Phi) is 5.94. The van der Waals surface area contributed by atoms with Gasteiger partial charge in [0.25, 0.3) is 0 Å². The van der Waals surface area contributed by atoms with E-state index in [-0.39, 0.29) is 42.9 Å². The second kappa shape index (κ2) is 7.23. The van der Waals surface area contributed by atoms with Crippen LogP contribution in [0.25, 0.3) is 0 Å². The van der Waals surface area contributed by atoms with Crippen LogP contribution in [-0.2, 0) is 9.59 Å².